The highest BCUT2D eigenvalue weighted by molar-refractivity contribution is 5.84. The van der Waals surface area contributed by atoms with E-state index in [1.807, 2.05) is 6.92 Å². The Balaban J connectivity index is 4.04. The van der Waals surface area contributed by atoms with Crippen molar-refractivity contribution in [2.75, 3.05) is 26.2 Å². The van der Waals surface area contributed by atoms with E-state index in [0.29, 0.717) is 13.0 Å². The quantitative estimate of drug-likeness (QED) is 0.712. The minimum atomic E-state index is -0.886. The molecular weight excluding hydrogens is 202 g/mol. The van der Waals surface area contributed by atoms with Gasteiger partial charge in [-0.15, -0.1) is 0 Å². The van der Waals surface area contributed by atoms with Gasteiger partial charge in [0, 0.05) is 13.1 Å². The molecule has 0 saturated heterocycles. The predicted octanol–water partition coefficient (Wildman–Crippen LogP) is 1.38. The molecule has 4 heteroatoms. The van der Waals surface area contributed by atoms with E-state index in [1.165, 1.54) is 0 Å². The van der Waals surface area contributed by atoms with Crippen molar-refractivity contribution in [1.82, 2.24) is 10.2 Å². The molecule has 0 radical (unpaired) electrons. The average molecular weight is 225 g/mol. The van der Waals surface area contributed by atoms with Crippen molar-refractivity contribution in [2.45, 2.75) is 34.1 Å². The van der Waals surface area contributed by atoms with Crippen LogP contribution in [0.3, 0.4) is 0 Å². The van der Waals surface area contributed by atoms with E-state index in [-0.39, 0.29) is 5.91 Å². The van der Waals surface area contributed by atoms with Crippen LogP contribution in [0.15, 0.2) is 0 Å². The lowest BCUT2D eigenvalue weighted by Gasteiger charge is -2.21. The van der Waals surface area contributed by atoms with E-state index < -0.39 is 5.41 Å². The molecule has 0 aliphatic heterocycles. The number of carbonyl (C=O) groups excluding carboxylic acids is 1. The highest BCUT2D eigenvalue weighted by Gasteiger charge is 2.30. The fourth-order valence-corrected chi connectivity index (χ4v) is 1.35. The van der Waals surface area contributed by atoms with Gasteiger partial charge in [-0.05, 0) is 26.4 Å². The second-order valence-corrected chi connectivity index (χ2v) is 4.08. The standard InChI is InChI=1S/C12H23N3O/c1-5-12(4,10-13)11(16)14-8-9-15(6-2)7-3/h5-9H2,1-4H3,(H,14,16). The maximum atomic E-state index is 11.7. The van der Waals surface area contributed by atoms with Crippen LogP contribution in [0.2, 0.25) is 0 Å². The third kappa shape index (κ3) is 4.19. The van der Waals surface area contributed by atoms with Crippen LogP contribution in [-0.2, 0) is 4.79 Å². The highest BCUT2D eigenvalue weighted by atomic mass is 16.2. The Kier molecular flexibility index (Phi) is 6.75. The predicted molar refractivity (Wildman–Crippen MR) is 64.8 cm³/mol. The van der Waals surface area contributed by atoms with Crippen LogP contribution >= 0.6 is 0 Å². The van der Waals surface area contributed by atoms with E-state index in [4.69, 9.17) is 5.26 Å². The molecule has 0 saturated carbocycles. The highest BCUT2D eigenvalue weighted by Crippen LogP contribution is 2.19. The lowest BCUT2D eigenvalue weighted by atomic mass is 9.88. The Labute approximate surface area is 98.6 Å². The van der Waals surface area contributed by atoms with Crippen LogP contribution in [0.4, 0.5) is 0 Å². The normalized spacial score (nSPS) is 14.2. The topological polar surface area (TPSA) is 56.1 Å². The van der Waals surface area contributed by atoms with Gasteiger partial charge in [0.2, 0.25) is 5.91 Å². The molecule has 0 fully saturated rings. The van der Waals surface area contributed by atoms with E-state index >= 15 is 0 Å². The summed E-state index contributed by atoms with van der Waals surface area (Å²) in [6, 6.07) is 2.07. The Hall–Kier alpha value is -1.08. The van der Waals surface area contributed by atoms with Gasteiger partial charge in [-0.2, -0.15) is 5.26 Å². The molecule has 0 aliphatic carbocycles. The third-order valence-electron chi connectivity index (χ3n) is 3.06. The van der Waals surface area contributed by atoms with Gasteiger partial charge in [-0.25, -0.2) is 0 Å². The molecular formula is C12H23N3O. The maximum Gasteiger partial charge on any atom is 0.240 e. The lowest BCUT2D eigenvalue weighted by Crippen LogP contribution is -2.41. The second-order valence-electron chi connectivity index (χ2n) is 4.08. The monoisotopic (exact) mass is 225 g/mol. The molecule has 0 heterocycles. The Morgan fingerprint density at radius 1 is 1.38 bits per heavy atom. The number of hydrogen-bond donors (Lipinski definition) is 1. The summed E-state index contributed by atoms with van der Waals surface area (Å²) in [4.78, 5) is 14.0. The summed E-state index contributed by atoms with van der Waals surface area (Å²) >= 11 is 0. The number of hydrogen-bond acceptors (Lipinski definition) is 3. The molecule has 0 spiro atoms. The SMILES string of the molecule is CCN(CC)CCNC(=O)C(C)(C#N)CC. The molecule has 1 unspecified atom stereocenters. The Morgan fingerprint density at radius 3 is 2.31 bits per heavy atom. The molecule has 16 heavy (non-hydrogen) atoms. The number of nitrogens with one attached hydrogen (secondary N) is 1. The summed E-state index contributed by atoms with van der Waals surface area (Å²) < 4.78 is 0. The molecule has 1 amide bonds. The Bertz CT molecular complexity index is 255. The number of nitriles is 1. The number of carbonyl (C=O) groups is 1. The minimum absolute atomic E-state index is 0.162. The summed E-state index contributed by atoms with van der Waals surface area (Å²) in [6.45, 7) is 11.1. The molecule has 0 bridgehead atoms. The van der Waals surface area contributed by atoms with Crippen LogP contribution in [0.5, 0.6) is 0 Å². The minimum Gasteiger partial charge on any atom is -0.353 e. The van der Waals surface area contributed by atoms with Crippen LogP contribution in [0.1, 0.15) is 34.1 Å². The second kappa shape index (κ2) is 7.24. The first-order valence-corrected chi connectivity index (χ1v) is 5.95. The third-order valence-corrected chi connectivity index (χ3v) is 3.06. The smallest absolute Gasteiger partial charge is 0.240 e. The van der Waals surface area contributed by atoms with Gasteiger partial charge in [0.15, 0.2) is 0 Å². The molecule has 1 atom stereocenters. The number of amides is 1. The van der Waals surface area contributed by atoms with Crippen molar-refractivity contribution < 1.29 is 4.79 Å². The first kappa shape index (κ1) is 14.9. The van der Waals surface area contributed by atoms with Gasteiger partial charge in [-0.1, -0.05) is 20.8 Å². The van der Waals surface area contributed by atoms with Crippen molar-refractivity contribution in [3.8, 4) is 6.07 Å². The summed E-state index contributed by atoms with van der Waals surface area (Å²) in [5, 5.41) is 11.8. The molecule has 0 aromatic heterocycles. The van der Waals surface area contributed by atoms with E-state index in [2.05, 4.69) is 30.1 Å². The number of likely N-dealkylation sites (N-methyl/N-ethyl adjacent to an activating group) is 1. The zero-order valence-electron chi connectivity index (χ0n) is 10.8. The maximum absolute atomic E-state index is 11.7. The van der Waals surface area contributed by atoms with Crippen molar-refractivity contribution >= 4 is 5.91 Å². The fraction of sp³-hybridized carbons (Fsp3) is 0.833. The van der Waals surface area contributed by atoms with E-state index in [9.17, 15) is 4.79 Å². The fourth-order valence-electron chi connectivity index (χ4n) is 1.35. The number of nitrogens with zero attached hydrogens (tertiary/aromatic N) is 2. The van der Waals surface area contributed by atoms with Gasteiger partial charge in [0.25, 0.3) is 0 Å². The van der Waals surface area contributed by atoms with Gasteiger partial charge in [0.05, 0.1) is 6.07 Å². The average Bonchev–Trinajstić information content (AvgIpc) is 2.33. The van der Waals surface area contributed by atoms with Gasteiger partial charge in [0.1, 0.15) is 5.41 Å². The summed E-state index contributed by atoms with van der Waals surface area (Å²) in [5.74, 6) is -0.162. The molecule has 0 aliphatic rings. The molecule has 0 aromatic rings. The zero-order chi connectivity index (χ0) is 12.6. The molecule has 4 nitrogen and oxygen atoms in total. The van der Waals surface area contributed by atoms with Crippen LogP contribution in [0.25, 0.3) is 0 Å². The van der Waals surface area contributed by atoms with Gasteiger partial charge in [-0.3, -0.25) is 4.79 Å². The van der Waals surface area contributed by atoms with Crippen LogP contribution in [0, 0.1) is 16.7 Å². The lowest BCUT2D eigenvalue weighted by molar-refractivity contribution is -0.127. The van der Waals surface area contributed by atoms with E-state index in [1.54, 1.807) is 6.92 Å². The molecule has 92 valence electrons. The molecule has 0 aromatic carbocycles. The first-order chi connectivity index (χ1) is 7.53. The van der Waals surface area contributed by atoms with Gasteiger partial charge < -0.3 is 10.2 Å². The van der Waals surface area contributed by atoms with Gasteiger partial charge >= 0.3 is 0 Å². The molecule has 1 N–H and O–H groups in total. The van der Waals surface area contributed by atoms with Crippen molar-refractivity contribution in [2.24, 2.45) is 5.41 Å². The summed E-state index contributed by atoms with van der Waals surface area (Å²) in [5.41, 5.74) is -0.886. The van der Waals surface area contributed by atoms with Crippen molar-refractivity contribution in [3.63, 3.8) is 0 Å². The number of rotatable bonds is 7. The van der Waals surface area contributed by atoms with Crippen LogP contribution < -0.4 is 5.32 Å². The van der Waals surface area contributed by atoms with Crippen molar-refractivity contribution in [3.05, 3.63) is 0 Å². The Morgan fingerprint density at radius 2 is 1.94 bits per heavy atom. The van der Waals surface area contributed by atoms with E-state index in [0.717, 1.165) is 19.6 Å². The summed E-state index contributed by atoms with van der Waals surface area (Å²) in [6.07, 6.45) is 0.542. The zero-order valence-corrected chi connectivity index (χ0v) is 10.8. The van der Waals surface area contributed by atoms with Crippen molar-refractivity contribution in [1.29, 1.82) is 5.26 Å². The first-order valence-electron chi connectivity index (χ1n) is 5.95. The largest absolute Gasteiger partial charge is 0.353 e. The summed E-state index contributed by atoms with van der Waals surface area (Å²) in [7, 11) is 0. The van der Waals surface area contributed by atoms with Crippen LogP contribution in [-0.4, -0.2) is 37.0 Å². The molecule has 0 rings (SSSR count).